The van der Waals surface area contributed by atoms with Crippen LogP contribution >= 0.6 is 23.4 Å². The number of amides is 2. The number of rotatable bonds is 10. The number of thioether (sulfide) groups is 1. The highest BCUT2D eigenvalue weighted by Gasteiger charge is 2.30. The highest BCUT2D eigenvalue weighted by atomic mass is 35.5. The van der Waals surface area contributed by atoms with Crippen LogP contribution in [0.5, 0.6) is 5.75 Å². The number of carbonyl (C=O) groups excluding carboxylic acids is 2. The molecule has 11 heteroatoms. The third-order valence-corrected chi connectivity index (χ3v) is 8.28. The quantitative estimate of drug-likeness (QED) is 0.169. The van der Waals surface area contributed by atoms with Gasteiger partial charge >= 0.3 is 0 Å². The topological polar surface area (TPSA) is 93.7 Å². The molecule has 41 heavy (non-hydrogen) atoms. The van der Waals surface area contributed by atoms with Gasteiger partial charge in [-0.3, -0.25) is 14.2 Å². The zero-order chi connectivity index (χ0) is 28.8. The summed E-state index contributed by atoms with van der Waals surface area (Å²) >= 11 is 7.66. The summed E-state index contributed by atoms with van der Waals surface area (Å²) in [6, 6.07) is 18.3. The molecular weight excluding hydrogens is 562 g/mol. The first kappa shape index (κ1) is 28.8. The number of carbonyl (C=O) groups is 2. The van der Waals surface area contributed by atoms with E-state index in [9.17, 15) is 9.59 Å². The van der Waals surface area contributed by atoms with E-state index in [1.54, 1.807) is 49.4 Å². The lowest BCUT2D eigenvalue weighted by Crippen LogP contribution is -2.55. The normalized spacial score (nSPS) is 15.2. The summed E-state index contributed by atoms with van der Waals surface area (Å²) in [6.45, 7) is 3.55. The van der Waals surface area contributed by atoms with E-state index in [1.165, 1.54) is 0 Å². The van der Waals surface area contributed by atoms with Crippen molar-refractivity contribution < 1.29 is 18.7 Å². The van der Waals surface area contributed by atoms with Gasteiger partial charge in [-0.1, -0.05) is 29.4 Å². The zero-order valence-electron chi connectivity index (χ0n) is 23.0. The number of methoxy groups -OCH3 is 1. The lowest BCUT2D eigenvalue weighted by atomic mass is 10.1. The van der Waals surface area contributed by atoms with Gasteiger partial charge < -0.3 is 19.0 Å². The van der Waals surface area contributed by atoms with Gasteiger partial charge in [0.15, 0.2) is 10.9 Å². The van der Waals surface area contributed by atoms with Gasteiger partial charge in [-0.05, 0) is 74.4 Å². The standard InChI is InChI=1S/C30H32ClN5O4S/c1-21-20-34(15-16-35(21)29(38)22-7-5-8-23(31)19-22)27(37)10-3-4-18-41-30-33-32-28(26-9-6-17-40-26)36(30)24-11-13-25(39-2)14-12-24/h5-9,11-14,17,19,21H,3-4,10,15-16,18,20H2,1-2H3. The van der Waals surface area contributed by atoms with E-state index in [-0.39, 0.29) is 17.9 Å². The van der Waals surface area contributed by atoms with Crippen molar-refractivity contribution in [2.45, 2.75) is 37.4 Å². The Morgan fingerprint density at radius 3 is 2.61 bits per heavy atom. The van der Waals surface area contributed by atoms with E-state index in [0.717, 1.165) is 35.2 Å². The maximum atomic E-state index is 13.0. The second-order valence-corrected chi connectivity index (χ2v) is 11.3. The Hall–Kier alpha value is -3.76. The number of piperazine rings is 1. The van der Waals surface area contributed by atoms with Crippen LogP contribution in [-0.4, -0.2) is 74.9 Å². The number of aromatic nitrogens is 3. The molecule has 0 spiro atoms. The first-order valence-corrected chi connectivity index (χ1v) is 14.9. The van der Waals surface area contributed by atoms with E-state index in [0.29, 0.717) is 48.2 Å². The van der Waals surface area contributed by atoms with Crippen LogP contribution in [-0.2, 0) is 4.79 Å². The van der Waals surface area contributed by atoms with Gasteiger partial charge in [-0.25, -0.2) is 0 Å². The van der Waals surface area contributed by atoms with Crippen molar-refractivity contribution in [3.05, 3.63) is 77.5 Å². The summed E-state index contributed by atoms with van der Waals surface area (Å²) in [4.78, 5) is 29.6. The molecule has 0 aliphatic carbocycles. The van der Waals surface area contributed by atoms with Crippen LogP contribution in [0.4, 0.5) is 0 Å². The Balaban J connectivity index is 1.12. The minimum Gasteiger partial charge on any atom is -0.497 e. The molecular formula is C30H32ClN5O4S. The second kappa shape index (κ2) is 13.3. The minimum absolute atomic E-state index is 0.0539. The van der Waals surface area contributed by atoms with Crippen LogP contribution in [0.3, 0.4) is 0 Å². The number of halogens is 1. The minimum atomic E-state index is -0.0672. The monoisotopic (exact) mass is 593 g/mol. The predicted octanol–water partition coefficient (Wildman–Crippen LogP) is 5.82. The smallest absolute Gasteiger partial charge is 0.254 e. The molecule has 1 unspecified atom stereocenters. The second-order valence-electron chi connectivity index (χ2n) is 9.82. The Morgan fingerprint density at radius 1 is 1.07 bits per heavy atom. The summed E-state index contributed by atoms with van der Waals surface area (Å²) in [7, 11) is 1.64. The van der Waals surface area contributed by atoms with E-state index in [1.807, 2.05) is 57.7 Å². The first-order chi connectivity index (χ1) is 19.9. The Labute approximate surface area is 248 Å². The molecule has 1 aliphatic heterocycles. The molecule has 1 saturated heterocycles. The van der Waals surface area contributed by atoms with E-state index in [2.05, 4.69) is 10.2 Å². The predicted molar refractivity (Wildman–Crippen MR) is 159 cm³/mol. The number of ether oxygens (including phenoxy) is 1. The maximum Gasteiger partial charge on any atom is 0.254 e. The summed E-state index contributed by atoms with van der Waals surface area (Å²) in [6.07, 6.45) is 3.70. The molecule has 1 atom stereocenters. The molecule has 1 fully saturated rings. The fourth-order valence-corrected chi connectivity index (χ4v) is 6.01. The fourth-order valence-electron chi connectivity index (χ4n) is 4.87. The molecule has 214 valence electrons. The van der Waals surface area contributed by atoms with Crippen molar-refractivity contribution in [1.82, 2.24) is 24.6 Å². The van der Waals surface area contributed by atoms with Crippen LogP contribution in [0.1, 0.15) is 36.5 Å². The van der Waals surface area contributed by atoms with Gasteiger partial charge in [-0.15, -0.1) is 10.2 Å². The van der Waals surface area contributed by atoms with Gasteiger partial charge in [0, 0.05) is 48.4 Å². The average Bonchev–Trinajstić information content (AvgIpc) is 3.67. The highest BCUT2D eigenvalue weighted by Crippen LogP contribution is 2.30. The number of nitrogens with zero attached hydrogens (tertiary/aromatic N) is 5. The Bertz CT molecular complexity index is 1470. The van der Waals surface area contributed by atoms with E-state index >= 15 is 0 Å². The first-order valence-electron chi connectivity index (χ1n) is 13.6. The number of furan rings is 1. The van der Waals surface area contributed by atoms with Gasteiger partial charge in [0.25, 0.3) is 5.91 Å². The molecule has 9 nitrogen and oxygen atoms in total. The lowest BCUT2D eigenvalue weighted by molar-refractivity contribution is -0.133. The molecule has 2 aromatic heterocycles. The van der Waals surface area contributed by atoms with Crippen molar-refractivity contribution in [2.24, 2.45) is 0 Å². The third-order valence-electron chi connectivity index (χ3n) is 7.03. The van der Waals surface area contributed by atoms with Gasteiger partial charge in [0.05, 0.1) is 19.1 Å². The molecule has 0 N–H and O–H groups in total. The van der Waals surface area contributed by atoms with Crippen LogP contribution in [0.25, 0.3) is 17.3 Å². The maximum absolute atomic E-state index is 13.0. The van der Waals surface area contributed by atoms with Crippen LogP contribution < -0.4 is 4.74 Å². The van der Waals surface area contributed by atoms with Crippen molar-refractivity contribution in [3.63, 3.8) is 0 Å². The summed E-state index contributed by atoms with van der Waals surface area (Å²) in [5, 5.41) is 10.1. The molecule has 0 bridgehead atoms. The largest absolute Gasteiger partial charge is 0.497 e. The van der Waals surface area contributed by atoms with Crippen LogP contribution in [0.2, 0.25) is 5.02 Å². The Kier molecular flexibility index (Phi) is 9.31. The molecule has 2 aromatic carbocycles. The molecule has 3 heterocycles. The van der Waals surface area contributed by atoms with Gasteiger partial charge in [-0.2, -0.15) is 0 Å². The fraction of sp³-hybridized carbons (Fsp3) is 0.333. The summed E-state index contributed by atoms with van der Waals surface area (Å²) < 4.78 is 12.9. The van der Waals surface area contributed by atoms with Crippen LogP contribution in [0, 0.1) is 0 Å². The summed E-state index contributed by atoms with van der Waals surface area (Å²) in [5.74, 6) is 2.89. The molecule has 2 amide bonds. The molecule has 0 saturated carbocycles. The van der Waals surface area contributed by atoms with Gasteiger partial charge in [0.1, 0.15) is 5.75 Å². The van der Waals surface area contributed by atoms with E-state index < -0.39 is 0 Å². The molecule has 5 rings (SSSR count). The third kappa shape index (κ3) is 6.77. The van der Waals surface area contributed by atoms with Crippen molar-refractivity contribution in [2.75, 3.05) is 32.5 Å². The molecule has 1 aliphatic rings. The van der Waals surface area contributed by atoms with Crippen molar-refractivity contribution in [1.29, 1.82) is 0 Å². The summed E-state index contributed by atoms with van der Waals surface area (Å²) in [5.41, 5.74) is 1.47. The SMILES string of the molecule is COc1ccc(-n2c(SCCCCC(=O)N3CCN(C(=O)c4cccc(Cl)c4)C(C)C3)nnc2-c2ccco2)cc1. The Morgan fingerprint density at radius 2 is 1.90 bits per heavy atom. The molecule has 4 aromatic rings. The zero-order valence-corrected chi connectivity index (χ0v) is 24.6. The average molecular weight is 594 g/mol. The number of unbranched alkanes of at least 4 members (excludes halogenated alkanes) is 1. The van der Waals surface area contributed by atoms with E-state index in [4.69, 9.17) is 20.8 Å². The number of benzene rings is 2. The van der Waals surface area contributed by atoms with Gasteiger partial charge in [0.2, 0.25) is 11.7 Å². The van der Waals surface area contributed by atoms with Crippen LogP contribution in [0.15, 0.2) is 76.5 Å². The highest BCUT2D eigenvalue weighted by molar-refractivity contribution is 7.99. The van der Waals surface area contributed by atoms with Crippen molar-refractivity contribution >= 4 is 35.2 Å². The lowest BCUT2D eigenvalue weighted by Gasteiger charge is -2.40. The number of hydrogen-bond donors (Lipinski definition) is 0. The number of hydrogen-bond acceptors (Lipinski definition) is 7. The van der Waals surface area contributed by atoms with Crippen molar-refractivity contribution in [3.8, 4) is 23.0 Å². The molecule has 0 radical (unpaired) electrons.